The van der Waals surface area contributed by atoms with Gasteiger partial charge in [0.25, 0.3) is 0 Å². The third-order valence-corrected chi connectivity index (χ3v) is 3.07. The number of amides is 1. The summed E-state index contributed by atoms with van der Waals surface area (Å²) in [7, 11) is 2.73. The highest BCUT2D eigenvalue weighted by atomic mass is 16.5. The third-order valence-electron chi connectivity index (χ3n) is 3.07. The van der Waals surface area contributed by atoms with Crippen LogP contribution in [0.15, 0.2) is 18.2 Å². The number of carbonyl (C=O) groups excluding carboxylic acids is 3. The van der Waals surface area contributed by atoms with Gasteiger partial charge in [0.2, 0.25) is 5.91 Å². The van der Waals surface area contributed by atoms with Crippen molar-refractivity contribution in [2.24, 2.45) is 0 Å². The summed E-state index contributed by atoms with van der Waals surface area (Å²) in [4.78, 5) is 34.6. The van der Waals surface area contributed by atoms with Crippen LogP contribution in [-0.4, -0.2) is 38.1 Å². The monoisotopic (exact) mass is 323 g/mol. The summed E-state index contributed by atoms with van der Waals surface area (Å²) in [5.41, 5.74) is 1.69. The molecule has 0 saturated heterocycles. The number of rotatable bonds is 7. The molecule has 0 aliphatic rings. The van der Waals surface area contributed by atoms with E-state index in [1.54, 1.807) is 6.07 Å². The molecule has 7 heteroatoms. The van der Waals surface area contributed by atoms with Crippen molar-refractivity contribution in [3.05, 3.63) is 29.3 Å². The second kappa shape index (κ2) is 8.77. The summed E-state index contributed by atoms with van der Waals surface area (Å²) in [5, 5.41) is 2.38. The molecule has 0 unspecified atom stereocenters. The Morgan fingerprint density at radius 2 is 1.91 bits per heavy atom. The number of methoxy groups -OCH3 is 2. The topological polar surface area (TPSA) is 90.9 Å². The van der Waals surface area contributed by atoms with Crippen LogP contribution in [0.25, 0.3) is 0 Å². The molecule has 1 aromatic carbocycles. The minimum atomic E-state index is -1.09. The van der Waals surface area contributed by atoms with E-state index in [9.17, 15) is 14.4 Å². The zero-order valence-electron chi connectivity index (χ0n) is 13.7. The fourth-order valence-electron chi connectivity index (χ4n) is 1.96. The van der Waals surface area contributed by atoms with E-state index in [0.29, 0.717) is 11.3 Å². The molecule has 0 aliphatic heterocycles. The zero-order valence-corrected chi connectivity index (χ0v) is 13.7. The summed E-state index contributed by atoms with van der Waals surface area (Å²) in [6.07, 6.45) is -0.292. The summed E-state index contributed by atoms with van der Waals surface area (Å²) in [6.45, 7) is 3.13. The van der Waals surface area contributed by atoms with Gasteiger partial charge in [-0.2, -0.15) is 0 Å². The number of aryl methyl sites for hydroxylation is 1. The Kier molecular flexibility index (Phi) is 7.05. The van der Waals surface area contributed by atoms with Crippen LogP contribution in [0.5, 0.6) is 5.75 Å². The van der Waals surface area contributed by atoms with Gasteiger partial charge in [-0.1, -0.05) is 11.6 Å². The fourth-order valence-corrected chi connectivity index (χ4v) is 1.96. The van der Waals surface area contributed by atoms with E-state index in [1.165, 1.54) is 21.1 Å². The molecule has 0 radical (unpaired) electrons. The molecular weight excluding hydrogens is 302 g/mol. The van der Waals surface area contributed by atoms with Crippen molar-refractivity contribution in [1.82, 2.24) is 5.32 Å². The Balaban J connectivity index is 2.76. The van der Waals surface area contributed by atoms with Gasteiger partial charge in [-0.05, 0) is 19.1 Å². The van der Waals surface area contributed by atoms with E-state index >= 15 is 0 Å². The molecular formula is C16H21NO6. The van der Waals surface area contributed by atoms with Crippen molar-refractivity contribution < 1.29 is 28.6 Å². The van der Waals surface area contributed by atoms with Crippen LogP contribution >= 0.6 is 0 Å². The molecule has 1 aromatic rings. The zero-order chi connectivity index (χ0) is 17.4. The lowest BCUT2D eigenvalue weighted by atomic mass is 10.1. The van der Waals surface area contributed by atoms with Gasteiger partial charge in [0, 0.05) is 12.5 Å². The summed E-state index contributed by atoms with van der Waals surface area (Å²) < 4.78 is 14.9. The first-order valence-electron chi connectivity index (χ1n) is 7.01. The lowest BCUT2D eigenvalue weighted by Crippen LogP contribution is -2.42. The average molecular weight is 323 g/mol. The largest absolute Gasteiger partial charge is 0.496 e. The van der Waals surface area contributed by atoms with Crippen molar-refractivity contribution in [3.63, 3.8) is 0 Å². The number of ether oxygens (including phenoxy) is 3. The molecule has 0 aromatic heterocycles. The molecule has 7 nitrogen and oxygen atoms in total. The standard InChI is InChI=1S/C16H21NO6/c1-10-5-6-14(21-3)12(7-10)9-23-16(20)13(17-11(2)18)8-15(19)22-4/h5-7,13H,8-9H2,1-4H3,(H,17,18)/t13-/m0/s1. The van der Waals surface area contributed by atoms with Crippen LogP contribution in [0.3, 0.4) is 0 Å². The molecule has 126 valence electrons. The van der Waals surface area contributed by atoms with Gasteiger partial charge in [-0.15, -0.1) is 0 Å². The Hall–Kier alpha value is -2.57. The number of carbonyl (C=O) groups is 3. The molecule has 1 atom stereocenters. The minimum Gasteiger partial charge on any atom is -0.496 e. The first kappa shape index (κ1) is 18.5. The van der Waals surface area contributed by atoms with E-state index in [2.05, 4.69) is 10.1 Å². The van der Waals surface area contributed by atoms with Crippen LogP contribution in [-0.2, 0) is 30.5 Å². The van der Waals surface area contributed by atoms with E-state index in [0.717, 1.165) is 5.56 Å². The van der Waals surface area contributed by atoms with Crippen molar-refractivity contribution in [3.8, 4) is 5.75 Å². The highest BCUT2D eigenvalue weighted by Gasteiger charge is 2.25. The molecule has 0 spiro atoms. The van der Waals surface area contributed by atoms with Gasteiger partial charge in [-0.25, -0.2) is 4.79 Å². The van der Waals surface area contributed by atoms with Crippen LogP contribution in [0.1, 0.15) is 24.5 Å². The number of hydrogen-bond donors (Lipinski definition) is 1. The summed E-state index contributed by atoms with van der Waals surface area (Å²) >= 11 is 0. The van der Waals surface area contributed by atoms with E-state index in [1.807, 2.05) is 19.1 Å². The Labute approximate surface area is 134 Å². The molecule has 1 rings (SSSR count). The van der Waals surface area contributed by atoms with Gasteiger partial charge in [0.1, 0.15) is 18.4 Å². The van der Waals surface area contributed by atoms with Gasteiger partial charge in [0.05, 0.1) is 20.6 Å². The molecule has 0 fully saturated rings. The lowest BCUT2D eigenvalue weighted by Gasteiger charge is -2.16. The van der Waals surface area contributed by atoms with E-state index in [4.69, 9.17) is 9.47 Å². The van der Waals surface area contributed by atoms with E-state index < -0.39 is 23.9 Å². The maximum atomic E-state index is 12.1. The molecule has 23 heavy (non-hydrogen) atoms. The smallest absolute Gasteiger partial charge is 0.329 e. The predicted molar refractivity (Wildman–Crippen MR) is 81.8 cm³/mol. The maximum absolute atomic E-state index is 12.1. The predicted octanol–water partition coefficient (Wildman–Crippen LogP) is 1.11. The number of hydrogen-bond acceptors (Lipinski definition) is 6. The van der Waals surface area contributed by atoms with Crippen LogP contribution in [0.4, 0.5) is 0 Å². The normalized spacial score (nSPS) is 11.3. The lowest BCUT2D eigenvalue weighted by molar-refractivity contribution is -0.153. The summed E-state index contributed by atoms with van der Waals surface area (Å²) in [5.74, 6) is -1.18. The van der Waals surface area contributed by atoms with Gasteiger partial charge < -0.3 is 19.5 Å². The number of benzene rings is 1. The van der Waals surface area contributed by atoms with Gasteiger partial charge in [-0.3, -0.25) is 9.59 Å². The average Bonchev–Trinajstić information content (AvgIpc) is 2.51. The Morgan fingerprint density at radius 3 is 2.48 bits per heavy atom. The SMILES string of the molecule is COC(=O)C[C@H](NC(C)=O)C(=O)OCc1cc(C)ccc1OC. The Bertz CT molecular complexity index is 584. The minimum absolute atomic E-state index is 0.0268. The van der Waals surface area contributed by atoms with Crippen molar-refractivity contribution in [2.45, 2.75) is 32.9 Å². The second-order valence-corrected chi connectivity index (χ2v) is 4.96. The van der Waals surface area contributed by atoms with Crippen LogP contribution < -0.4 is 10.1 Å². The molecule has 0 bridgehead atoms. The highest BCUT2D eigenvalue weighted by Crippen LogP contribution is 2.20. The molecule has 1 amide bonds. The van der Waals surface area contributed by atoms with Crippen molar-refractivity contribution in [1.29, 1.82) is 0 Å². The summed E-state index contributed by atoms with van der Waals surface area (Å²) in [6, 6.07) is 4.40. The van der Waals surface area contributed by atoms with Crippen LogP contribution in [0.2, 0.25) is 0 Å². The molecule has 1 N–H and O–H groups in total. The third kappa shape index (κ3) is 5.98. The Morgan fingerprint density at radius 1 is 1.22 bits per heavy atom. The first-order valence-corrected chi connectivity index (χ1v) is 7.01. The van der Waals surface area contributed by atoms with Crippen molar-refractivity contribution in [2.75, 3.05) is 14.2 Å². The first-order chi connectivity index (χ1) is 10.9. The van der Waals surface area contributed by atoms with Gasteiger partial charge >= 0.3 is 11.9 Å². The highest BCUT2D eigenvalue weighted by molar-refractivity contribution is 5.87. The molecule has 0 aliphatic carbocycles. The number of esters is 2. The van der Waals surface area contributed by atoms with Crippen molar-refractivity contribution >= 4 is 17.8 Å². The molecule has 0 saturated carbocycles. The number of nitrogens with one attached hydrogen (secondary N) is 1. The maximum Gasteiger partial charge on any atom is 0.329 e. The molecule has 0 heterocycles. The van der Waals surface area contributed by atoms with Crippen LogP contribution in [0, 0.1) is 6.92 Å². The quantitative estimate of drug-likeness (QED) is 0.756. The fraction of sp³-hybridized carbons (Fsp3) is 0.438. The van der Waals surface area contributed by atoms with Gasteiger partial charge in [0.15, 0.2) is 0 Å². The van der Waals surface area contributed by atoms with E-state index in [-0.39, 0.29) is 13.0 Å². The second-order valence-electron chi connectivity index (χ2n) is 4.96.